The second-order valence-electron chi connectivity index (χ2n) is 5.17. The minimum atomic E-state index is 0.116. The van der Waals surface area contributed by atoms with Crippen molar-refractivity contribution in [1.82, 2.24) is 4.98 Å². The van der Waals surface area contributed by atoms with Crippen molar-refractivity contribution in [3.63, 3.8) is 0 Å². The van der Waals surface area contributed by atoms with Gasteiger partial charge in [0.1, 0.15) is 0 Å². The molecule has 2 nitrogen and oxygen atoms in total. The molecule has 2 aromatic rings. The molecule has 0 bridgehead atoms. The normalized spacial score (nSPS) is 12.2. The fraction of sp³-hybridized carbons (Fsp3) is 0.471. The van der Waals surface area contributed by atoms with Gasteiger partial charge in [0.25, 0.3) is 0 Å². The summed E-state index contributed by atoms with van der Waals surface area (Å²) in [5.41, 5.74) is 3.20. The van der Waals surface area contributed by atoms with Crippen LogP contribution in [0.5, 0.6) is 0 Å². The molecule has 104 valence electrons. The summed E-state index contributed by atoms with van der Waals surface area (Å²) in [6, 6.07) is 7.70. The van der Waals surface area contributed by atoms with Crippen LogP contribution in [0.4, 0.5) is 0 Å². The highest BCUT2D eigenvalue weighted by molar-refractivity contribution is 5.79. The van der Waals surface area contributed by atoms with Crippen molar-refractivity contribution in [3.05, 3.63) is 45.7 Å². The molecular weight excluding hydrogens is 234 g/mol. The van der Waals surface area contributed by atoms with Crippen LogP contribution < -0.4 is 5.43 Å². The third kappa shape index (κ3) is 3.46. The number of hydrogen-bond donors (Lipinski definition) is 1. The van der Waals surface area contributed by atoms with E-state index >= 15 is 0 Å². The second kappa shape index (κ2) is 6.55. The van der Waals surface area contributed by atoms with Gasteiger partial charge in [0.15, 0.2) is 5.43 Å². The number of aryl methyl sites for hydroxylation is 1. The van der Waals surface area contributed by atoms with Crippen molar-refractivity contribution in [2.24, 2.45) is 5.92 Å². The van der Waals surface area contributed by atoms with Crippen molar-refractivity contribution in [2.45, 2.75) is 47.5 Å². The summed E-state index contributed by atoms with van der Waals surface area (Å²) >= 11 is 0. The zero-order chi connectivity index (χ0) is 14.6. The monoisotopic (exact) mass is 259 g/mol. The van der Waals surface area contributed by atoms with Crippen molar-refractivity contribution < 1.29 is 0 Å². The molecule has 0 spiro atoms. The molecule has 1 heterocycles. The fourth-order valence-corrected chi connectivity index (χ4v) is 1.99. The van der Waals surface area contributed by atoms with E-state index < -0.39 is 0 Å². The Kier molecular flexibility index (Phi) is 5.34. The van der Waals surface area contributed by atoms with E-state index in [0.29, 0.717) is 11.8 Å². The van der Waals surface area contributed by atoms with Gasteiger partial charge in [-0.3, -0.25) is 4.79 Å². The third-order valence-electron chi connectivity index (χ3n) is 3.50. The molecule has 0 radical (unpaired) electrons. The van der Waals surface area contributed by atoms with Gasteiger partial charge >= 0.3 is 0 Å². The lowest BCUT2D eigenvalue weighted by Crippen LogP contribution is -2.10. The topological polar surface area (TPSA) is 32.9 Å². The molecule has 1 atom stereocenters. The number of hydrogen-bond acceptors (Lipinski definition) is 1. The molecule has 19 heavy (non-hydrogen) atoms. The number of nitrogens with one attached hydrogen (secondary N) is 1. The van der Waals surface area contributed by atoms with Crippen molar-refractivity contribution >= 4 is 10.9 Å². The maximum Gasteiger partial charge on any atom is 0.189 e. The van der Waals surface area contributed by atoms with Gasteiger partial charge < -0.3 is 4.98 Å². The Labute approximate surface area is 115 Å². The van der Waals surface area contributed by atoms with Crippen LogP contribution in [0.2, 0.25) is 0 Å². The van der Waals surface area contributed by atoms with Gasteiger partial charge in [-0.05, 0) is 30.9 Å². The van der Waals surface area contributed by atoms with Gasteiger partial charge in [0, 0.05) is 22.7 Å². The Bertz CT molecular complexity index is 596. The van der Waals surface area contributed by atoms with E-state index in [4.69, 9.17) is 0 Å². The van der Waals surface area contributed by atoms with E-state index in [0.717, 1.165) is 22.2 Å². The zero-order valence-corrected chi connectivity index (χ0v) is 12.9. The summed E-state index contributed by atoms with van der Waals surface area (Å²) < 4.78 is 0. The quantitative estimate of drug-likeness (QED) is 0.838. The minimum Gasteiger partial charge on any atom is -0.358 e. The first-order chi connectivity index (χ1) is 8.99. The first kappa shape index (κ1) is 15.5. The number of fused-ring (bicyclic) bond motifs is 1. The summed E-state index contributed by atoms with van der Waals surface area (Å²) in [5.74, 6) is 0.891. The van der Waals surface area contributed by atoms with Crippen LogP contribution in [0.25, 0.3) is 10.9 Å². The first-order valence-corrected chi connectivity index (χ1v) is 7.12. The lowest BCUT2D eigenvalue weighted by atomic mass is 9.93. The van der Waals surface area contributed by atoms with Gasteiger partial charge in [-0.1, -0.05) is 46.2 Å². The highest BCUT2D eigenvalue weighted by Crippen LogP contribution is 2.22. The van der Waals surface area contributed by atoms with Crippen LogP contribution in [0.1, 0.15) is 51.8 Å². The Hall–Kier alpha value is -1.57. The standard InChI is InChI=1S/C15H19NO.C2H6/c1-9(2)11(4)14-8-15(17)12-7-10(3)5-6-13(12)16-14;1-2/h5-9,11H,1-4H3,(H,16,17);1-2H3. The highest BCUT2D eigenvalue weighted by atomic mass is 16.1. The van der Waals surface area contributed by atoms with Crippen molar-refractivity contribution in [1.29, 1.82) is 0 Å². The maximum atomic E-state index is 12.1. The maximum absolute atomic E-state index is 12.1. The van der Waals surface area contributed by atoms with Crippen molar-refractivity contribution in [2.75, 3.05) is 0 Å². The Morgan fingerprint density at radius 2 is 1.68 bits per heavy atom. The summed E-state index contributed by atoms with van der Waals surface area (Å²) in [6.45, 7) is 12.5. The molecule has 0 fully saturated rings. The highest BCUT2D eigenvalue weighted by Gasteiger charge is 2.12. The molecule has 1 N–H and O–H groups in total. The predicted molar refractivity (Wildman–Crippen MR) is 83.9 cm³/mol. The van der Waals surface area contributed by atoms with Crippen LogP contribution in [0.3, 0.4) is 0 Å². The van der Waals surface area contributed by atoms with E-state index in [2.05, 4.69) is 25.8 Å². The first-order valence-electron chi connectivity index (χ1n) is 7.12. The summed E-state index contributed by atoms with van der Waals surface area (Å²) in [7, 11) is 0. The molecule has 0 aliphatic rings. The fourth-order valence-electron chi connectivity index (χ4n) is 1.99. The number of H-pyrrole nitrogens is 1. The van der Waals surface area contributed by atoms with Gasteiger partial charge in [0.05, 0.1) is 0 Å². The Balaban J connectivity index is 0.000000861. The summed E-state index contributed by atoms with van der Waals surface area (Å²) in [6.07, 6.45) is 0. The lowest BCUT2D eigenvalue weighted by molar-refractivity contribution is 0.525. The van der Waals surface area contributed by atoms with E-state index in [1.807, 2.05) is 39.0 Å². The lowest BCUT2D eigenvalue weighted by Gasteiger charge is -2.16. The number of aromatic amines is 1. The van der Waals surface area contributed by atoms with E-state index in [-0.39, 0.29) is 5.43 Å². The smallest absolute Gasteiger partial charge is 0.189 e. The largest absolute Gasteiger partial charge is 0.358 e. The number of aromatic nitrogens is 1. The second-order valence-corrected chi connectivity index (χ2v) is 5.17. The van der Waals surface area contributed by atoms with Crippen molar-refractivity contribution in [3.8, 4) is 0 Å². The molecule has 2 heteroatoms. The van der Waals surface area contributed by atoms with Gasteiger partial charge in [0.2, 0.25) is 0 Å². The average Bonchev–Trinajstić information content (AvgIpc) is 2.40. The number of rotatable bonds is 2. The van der Waals surface area contributed by atoms with Crippen LogP contribution >= 0.6 is 0 Å². The molecule has 2 rings (SSSR count). The van der Waals surface area contributed by atoms with E-state index in [1.54, 1.807) is 6.07 Å². The Morgan fingerprint density at radius 1 is 1.05 bits per heavy atom. The van der Waals surface area contributed by atoms with Crippen LogP contribution in [0, 0.1) is 12.8 Å². The molecule has 1 unspecified atom stereocenters. The number of benzene rings is 1. The SMILES string of the molecule is CC.Cc1ccc2[nH]c(C(C)C(C)C)cc(=O)c2c1. The molecule has 0 aliphatic heterocycles. The van der Waals surface area contributed by atoms with Gasteiger partial charge in [-0.15, -0.1) is 0 Å². The summed E-state index contributed by atoms with van der Waals surface area (Å²) in [4.78, 5) is 15.4. The molecule has 0 amide bonds. The van der Waals surface area contributed by atoms with E-state index in [1.165, 1.54) is 0 Å². The van der Waals surface area contributed by atoms with Gasteiger partial charge in [-0.2, -0.15) is 0 Å². The van der Waals surface area contributed by atoms with Gasteiger partial charge in [-0.25, -0.2) is 0 Å². The zero-order valence-electron chi connectivity index (χ0n) is 12.9. The van der Waals surface area contributed by atoms with Crippen LogP contribution in [-0.2, 0) is 0 Å². The predicted octanol–water partition coefficient (Wildman–Crippen LogP) is 4.62. The molecule has 0 saturated carbocycles. The third-order valence-corrected chi connectivity index (χ3v) is 3.50. The minimum absolute atomic E-state index is 0.116. The van der Waals surface area contributed by atoms with E-state index in [9.17, 15) is 4.79 Å². The molecule has 0 aliphatic carbocycles. The Morgan fingerprint density at radius 3 is 2.26 bits per heavy atom. The molecule has 1 aromatic carbocycles. The molecule has 1 aromatic heterocycles. The van der Waals surface area contributed by atoms with Crippen LogP contribution in [0.15, 0.2) is 29.1 Å². The summed E-state index contributed by atoms with van der Waals surface area (Å²) in [5, 5.41) is 0.782. The number of pyridine rings is 1. The van der Waals surface area contributed by atoms with Crippen LogP contribution in [-0.4, -0.2) is 4.98 Å². The molecule has 0 saturated heterocycles. The average molecular weight is 259 g/mol. The molecular formula is C17H25NO.